The molecule has 0 aliphatic carbocycles. The Kier molecular flexibility index (Phi) is 5.29. The molecule has 0 spiro atoms. The summed E-state index contributed by atoms with van der Waals surface area (Å²) in [6, 6.07) is 2.71. The Balaban J connectivity index is 1.95. The van der Waals surface area contributed by atoms with Crippen LogP contribution in [-0.2, 0) is 9.59 Å². The molecule has 1 atom stereocenters. The maximum absolute atomic E-state index is 13.3. The third-order valence-corrected chi connectivity index (χ3v) is 3.87. The van der Waals surface area contributed by atoms with Gasteiger partial charge >= 0.3 is 5.97 Å². The van der Waals surface area contributed by atoms with E-state index in [-0.39, 0.29) is 6.42 Å². The molecule has 6 nitrogen and oxygen atoms in total. The van der Waals surface area contributed by atoms with E-state index >= 15 is 0 Å². The Morgan fingerprint density at radius 1 is 1.42 bits per heavy atom. The molecule has 0 fully saturated rings. The smallest absolute Gasteiger partial charge is 0.330 e. The molecule has 0 bridgehead atoms. The fraction of sp³-hybridized carbons (Fsp3) is 0.412. The van der Waals surface area contributed by atoms with E-state index in [1.165, 1.54) is 25.1 Å². The van der Waals surface area contributed by atoms with Crippen LogP contribution in [0.25, 0.3) is 0 Å². The summed E-state index contributed by atoms with van der Waals surface area (Å²) in [5.41, 5.74) is 0.0453. The van der Waals surface area contributed by atoms with Gasteiger partial charge in [0.25, 0.3) is 0 Å². The van der Waals surface area contributed by atoms with Crippen molar-refractivity contribution in [2.45, 2.75) is 44.3 Å². The van der Waals surface area contributed by atoms with Crippen LogP contribution in [0.2, 0.25) is 0 Å². The Morgan fingerprint density at radius 2 is 2.12 bits per heavy atom. The summed E-state index contributed by atoms with van der Waals surface area (Å²) in [4.78, 5) is 23.5. The Labute approximate surface area is 139 Å². The Bertz CT molecular complexity index is 718. The first-order valence-electron chi connectivity index (χ1n) is 7.52. The molecule has 1 unspecified atom stereocenters. The number of aryl methyl sites for hydroxylation is 1. The predicted molar refractivity (Wildman–Crippen MR) is 84.5 cm³/mol. The topological polar surface area (TPSA) is 91.1 Å². The molecular weight excluding hydrogens is 313 g/mol. The number of carboxylic acid groups (broad SMARTS) is 1. The molecule has 7 heteroatoms. The lowest BCUT2D eigenvalue weighted by Crippen LogP contribution is -2.34. The molecule has 1 heterocycles. The molecule has 1 amide bonds. The molecular formula is C17H18FN3O3. The number of nitrogens with zero attached hydrogens (tertiary/aromatic N) is 2. The summed E-state index contributed by atoms with van der Waals surface area (Å²) >= 11 is 0. The van der Waals surface area contributed by atoms with Gasteiger partial charge in [0.1, 0.15) is 5.82 Å². The number of nitrogens with one attached hydrogen (secondary N) is 1. The van der Waals surface area contributed by atoms with Crippen LogP contribution in [0, 0.1) is 25.1 Å². The zero-order chi connectivity index (χ0) is 17.7. The fourth-order valence-corrected chi connectivity index (χ4v) is 2.35. The number of terminal acetylenes is 1. The second-order valence-corrected chi connectivity index (χ2v) is 5.73. The van der Waals surface area contributed by atoms with Crippen LogP contribution in [0.5, 0.6) is 0 Å². The van der Waals surface area contributed by atoms with E-state index in [9.17, 15) is 19.1 Å². The number of halogens is 1. The molecule has 1 aromatic rings. The zero-order valence-corrected chi connectivity index (χ0v) is 13.3. The lowest BCUT2D eigenvalue weighted by atomic mass is 10.0. The highest BCUT2D eigenvalue weighted by Gasteiger charge is 2.39. The summed E-state index contributed by atoms with van der Waals surface area (Å²) in [6.45, 7) is 1.53. The van der Waals surface area contributed by atoms with Gasteiger partial charge in [-0.25, -0.2) is 9.18 Å². The van der Waals surface area contributed by atoms with Gasteiger partial charge in [-0.15, -0.1) is 12.3 Å². The second-order valence-electron chi connectivity index (χ2n) is 5.73. The van der Waals surface area contributed by atoms with Gasteiger partial charge in [0.05, 0.1) is 0 Å². The van der Waals surface area contributed by atoms with Crippen LogP contribution in [0.15, 0.2) is 28.4 Å². The van der Waals surface area contributed by atoms with Gasteiger partial charge in [0.2, 0.25) is 5.91 Å². The molecule has 0 saturated heterocycles. The Morgan fingerprint density at radius 3 is 2.67 bits per heavy atom. The molecule has 1 aromatic carbocycles. The molecule has 0 aromatic heterocycles. The SMILES string of the molecule is C#CCCC1(CCC(=O)NC(C(=O)O)c2ccc(F)c(C)c2)N=N1. The zero-order valence-electron chi connectivity index (χ0n) is 13.3. The van der Waals surface area contributed by atoms with Gasteiger partial charge in [-0.2, -0.15) is 10.2 Å². The first-order chi connectivity index (χ1) is 11.4. The highest BCUT2D eigenvalue weighted by atomic mass is 19.1. The maximum Gasteiger partial charge on any atom is 0.330 e. The highest BCUT2D eigenvalue weighted by Crippen LogP contribution is 2.37. The first kappa shape index (κ1) is 17.6. The number of carbonyl (C=O) groups excluding carboxylic acids is 1. The highest BCUT2D eigenvalue weighted by molar-refractivity contribution is 5.84. The van der Waals surface area contributed by atoms with Crippen molar-refractivity contribution in [2.24, 2.45) is 10.2 Å². The summed E-state index contributed by atoms with van der Waals surface area (Å²) in [7, 11) is 0. The van der Waals surface area contributed by atoms with E-state index in [0.29, 0.717) is 30.4 Å². The molecule has 1 aliphatic rings. The second kappa shape index (κ2) is 7.21. The number of aliphatic carboxylic acids is 1. The van der Waals surface area contributed by atoms with Crippen LogP contribution in [0.4, 0.5) is 4.39 Å². The fourth-order valence-electron chi connectivity index (χ4n) is 2.35. The molecule has 0 radical (unpaired) electrons. The van der Waals surface area contributed by atoms with E-state index in [1.807, 2.05) is 0 Å². The lowest BCUT2D eigenvalue weighted by molar-refractivity contribution is -0.142. The van der Waals surface area contributed by atoms with E-state index in [2.05, 4.69) is 21.5 Å². The van der Waals surface area contributed by atoms with Gasteiger partial charge in [-0.05, 0) is 24.1 Å². The van der Waals surface area contributed by atoms with Crippen molar-refractivity contribution >= 4 is 11.9 Å². The van der Waals surface area contributed by atoms with Gasteiger partial charge < -0.3 is 10.4 Å². The molecule has 0 saturated carbocycles. The van der Waals surface area contributed by atoms with Crippen LogP contribution in [-0.4, -0.2) is 22.6 Å². The van der Waals surface area contributed by atoms with Gasteiger partial charge in [-0.1, -0.05) is 12.1 Å². The molecule has 126 valence electrons. The van der Waals surface area contributed by atoms with Crippen LogP contribution in [0.3, 0.4) is 0 Å². The minimum atomic E-state index is -1.23. The summed E-state index contributed by atoms with van der Waals surface area (Å²) < 4.78 is 13.3. The summed E-state index contributed by atoms with van der Waals surface area (Å²) in [5, 5.41) is 19.6. The van der Waals surface area contributed by atoms with Crippen molar-refractivity contribution in [1.29, 1.82) is 0 Å². The number of hydrogen-bond donors (Lipinski definition) is 2. The summed E-state index contributed by atoms with van der Waals surface area (Å²) in [5.74, 6) is 0.432. The quantitative estimate of drug-likeness (QED) is 0.718. The van der Waals surface area contributed by atoms with Crippen molar-refractivity contribution in [3.05, 3.63) is 35.1 Å². The normalized spacial score (nSPS) is 15.4. The van der Waals surface area contributed by atoms with Crippen molar-refractivity contribution in [3.63, 3.8) is 0 Å². The van der Waals surface area contributed by atoms with Crippen molar-refractivity contribution in [1.82, 2.24) is 5.32 Å². The minimum absolute atomic E-state index is 0.0848. The molecule has 24 heavy (non-hydrogen) atoms. The standard InChI is InChI=1S/C17H18FN3O3/c1-3-4-8-17(20-21-17)9-7-14(22)19-15(16(23)24)12-5-6-13(18)11(2)10-12/h1,5-6,10,15H,4,7-9H2,2H3,(H,19,22)(H,23,24). The van der Waals surface area contributed by atoms with Crippen molar-refractivity contribution in [3.8, 4) is 12.3 Å². The van der Waals surface area contributed by atoms with E-state index in [4.69, 9.17) is 6.42 Å². The number of amides is 1. The van der Waals surface area contributed by atoms with Crippen molar-refractivity contribution < 1.29 is 19.1 Å². The van der Waals surface area contributed by atoms with E-state index in [1.54, 1.807) is 0 Å². The number of carbonyl (C=O) groups is 2. The van der Waals surface area contributed by atoms with Crippen molar-refractivity contribution in [2.75, 3.05) is 0 Å². The number of carboxylic acids is 1. The van der Waals surface area contributed by atoms with E-state index < -0.39 is 29.4 Å². The van der Waals surface area contributed by atoms with Crippen LogP contribution < -0.4 is 5.32 Å². The average molecular weight is 331 g/mol. The number of hydrogen-bond acceptors (Lipinski definition) is 4. The third kappa shape index (κ3) is 4.38. The largest absolute Gasteiger partial charge is 0.479 e. The lowest BCUT2D eigenvalue weighted by Gasteiger charge is -2.16. The first-order valence-corrected chi connectivity index (χ1v) is 7.52. The minimum Gasteiger partial charge on any atom is -0.479 e. The summed E-state index contributed by atoms with van der Waals surface area (Å²) in [6.07, 6.45) is 6.77. The maximum atomic E-state index is 13.3. The third-order valence-electron chi connectivity index (χ3n) is 3.87. The molecule has 2 rings (SSSR count). The molecule has 2 N–H and O–H groups in total. The predicted octanol–water partition coefficient (Wildman–Crippen LogP) is 2.73. The van der Waals surface area contributed by atoms with Crippen LogP contribution in [0.1, 0.15) is 42.9 Å². The average Bonchev–Trinajstić information content (AvgIpc) is 3.32. The van der Waals surface area contributed by atoms with Crippen LogP contribution >= 0.6 is 0 Å². The van der Waals surface area contributed by atoms with Gasteiger partial charge in [0, 0.05) is 25.7 Å². The van der Waals surface area contributed by atoms with E-state index in [0.717, 1.165) is 0 Å². The van der Waals surface area contributed by atoms with Gasteiger partial charge in [-0.3, -0.25) is 4.79 Å². The monoisotopic (exact) mass is 331 g/mol. The number of rotatable bonds is 8. The Hall–Kier alpha value is -2.75. The number of benzene rings is 1. The van der Waals surface area contributed by atoms with Gasteiger partial charge in [0.15, 0.2) is 11.7 Å². The molecule has 1 aliphatic heterocycles.